The van der Waals surface area contributed by atoms with Gasteiger partial charge in [-0.15, -0.1) is 0 Å². The number of phenolic OH excluding ortho intramolecular Hbond substituents is 1. The first-order valence-corrected chi connectivity index (χ1v) is 39.6. The topological polar surface area (TPSA) is 591 Å². The van der Waals surface area contributed by atoms with E-state index < -0.39 is 108 Å². The number of unbranched alkanes of at least 4 members (excludes halogenated alkanes) is 2. The minimum absolute atomic E-state index is 0.0113. The SMILES string of the molecule is CCNC(=O)C(CCC(=O)NCCOCCOCCOCCOCC(=O)CCCCC[C@@H]1NC(=O)[C@@H](Cc2ccc(O)cc2)NC(=O)[C@H](CC(=O)O)NC(=O)CNC(=O)[C@H](CCCN=C(N)N)NC1=O)NC(=O)COCCOCCOCCOCCNC(=S)Nc1ccc(CC2CN(CC(=O)O)CCN(CC(=O)O)CCN2CC(=O)O)cc1. The van der Waals surface area contributed by atoms with E-state index in [9.17, 15) is 87.9 Å². The summed E-state index contributed by atoms with van der Waals surface area (Å²) in [7, 11) is 0. The van der Waals surface area contributed by atoms with Gasteiger partial charge in [0.2, 0.25) is 47.3 Å². The summed E-state index contributed by atoms with van der Waals surface area (Å²) in [5.41, 5.74) is 12.9. The first kappa shape index (κ1) is 100. The molecule has 118 heavy (non-hydrogen) atoms. The number of hydrogen-bond acceptors (Lipinski definition) is 27. The van der Waals surface area contributed by atoms with E-state index >= 15 is 0 Å². The lowest BCUT2D eigenvalue weighted by Gasteiger charge is -2.33. The van der Waals surface area contributed by atoms with Crippen LogP contribution in [0, 0.1) is 0 Å². The summed E-state index contributed by atoms with van der Waals surface area (Å²) < 4.78 is 44.2. The summed E-state index contributed by atoms with van der Waals surface area (Å²) in [4.78, 5) is 175. The molecule has 8 amide bonds. The first-order chi connectivity index (χ1) is 56.7. The molecule has 2 aromatic carbocycles. The van der Waals surface area contributed by atoms with E-state index in [-0.39, 0.29) is 206 Å². The van der Waals surface area contributed by atoms with Gasteiger partial charge in [0.25, 0.3) is 0 Å². The number of carboxylic acid groups (broad SMARTS) is 4. The third-order valence-electron chi connectivity index (χ3n) is 17.8. The molecule has 4 rings (SSSR count). The quantitative estimate of drug-likeness (QED) is 0.0129. The van der Waals surface area contributed by atoms with Gasteiger partial charge >= 0.3 is 23.9 Å². The molecule has 0 aliphatic carbocycles. The highest BCUT2D eigenvalue weighted by Crippen LogP contribution is 2.18. The fourth-order valence-electron chi connectivity index (χ4n) is 11.9. The summed E-state index contributed by atoms with van der Waals surface area (Å²) in [5, 5.41) is 75.1. The van der Waals surface area contributed by atoms with E-state index in [1.54, 1.807) is 21.6 Å². The van der Waals surface area contributed by atoms with Gasteiger partial charge in [-0.2, -0.15) is 0 Å². The Hall–Kier alpha value is -9.93. The average Bonchev–Trinajstić information content (AvgIpc) is 1.45. The van der Waals surface area contributed by atoms with Crippen LogP contribution in [0.1, 0.15) is 82.3 Å². The highest BCUT2D eigenvalue weighted by Gasteiger charge is 2.35. The van der Waals surface area contributed by atoms with Crippen molar-refractivity contribution in [3.63, 3.8) is 0 Å². The van der Waals surface area contributed by atoms with Crippen LogP contribution in [-0.2, 0) is 113 Å². The van der Waals surface area contributed by atoms with Gasteiger partial charge in [-0.25, -0.2) is 0 Å². The molecule has 0 spiro atoms. The Bertz CT molecular complexity index is 3480. The van der Waals surface area contributed by atoms with Crippen molar-refractivity contribution in [2.45, 2.75) is 120 Å². The molecule has 2 heterocycles. The number of amides is 8. The van der Waals surface area contributed by atoms with E-state index in [4.69, 9.17) is 61.6 Å². The second-order valence-electron chi connectivity index (χ2n) is 27.4. The molecule has 2 saturated heterocycles. The number of carboxylic acids is 4. The van der Waals surface area contributed by atoms with Gasteiger partial charge in [0.05, 0.1) is 125 Å². The van der Waals surface area contributed by atoms with Crippen molar-refractivity contribution in [3.05, 3.63) is 59.7 Å². The van der Waals surface area contributed by atoms with Crippen molar-refractivity contribution in [1.29, 1.82) is 0 Å². The molecule has 0 radical (unpaired) electrons. The molecule has 43 heteroatoms. The fourth-order valence-corrected chi connectivity index (χ4v) is 12.1. The van der Waals surface area contributed by atoms with Gasteiger partial charge in [0.1, 0.15) is 49.2 Å². The summed E-state index contributed by atoms with van der Waals surface area (Å²) in [6.45, 7) is 5.35. The van der Waals surface area contributed by atoms with Gasteiger partial charge in [0.15, 0.2) is 16.9 Å². The number of carbonyl (C=O) groups excluding carboxylic acids is 9. The maximum absolute atomic E-state index is 14.1. The molecule has 2 aromatic rings. The van der Waals surface area contributed by atoms with Gasteiger partial charge in [0, 0.05) is 89.9 Å². The van der Waals surface area contributed by atoms with Crippen molar-refractivity contribution >= 4 is 106 Å². The number of rotatable bonds is 57. The van der Waals surface area contributed by atoms with E-state index in [2.05, 4.69) is 58.2 Å². The highest BCUT2D eigenvalue weighted by atomic mass is 32.1. The Morgan fingerprint density at radius 1 is 0.534 bits per heavy atom. The largest absolute Gasteiger partial charge is 0.508 e. The molecule has 2 aliphatic rings. The number of likely N-dealkylation sites (N-methyl/N-ethyl adjacent to an activating group) is 1. The normalized spacial score (nSPS) is 17.7. The molecule has 2 fully saturated rings. The number of nitrogens with one attached hydrogen (secondary N) is 10. The number of thiocarbonyl (C=S) groups is 1. The molecule has 0 aromatic heterocycles. The van der Waals surface area contributed by atoms with E-state index in [0.29, 0.717) is 94.6 Å². The summed E-state index contributed by atoms with van der Waals surface area (Å²) in [6, 6.07) is 6.11. The van der Waals surface area contributed by atoms with Gasteiger partial charge < -0.3 is 128 Å². The second kappa shape index (κ2) is 59.7. The molecule has 19 N–H and O–H groups in total. The Morgan fingerprint density at radius 3 is 1.64 bits per heavy atom. The van der Waals surface area contributed by atoms with Crippen LogP contribution < -0.4 is 64.6 Å². The molecule has 0 saturated carbocycles. The maximum atomic E-state index is 14.1. The van der Waals surface area contributed by atoms with Crippen LogP contribution in [0.4, 0.5) is 5.69 Å². The van der Waals surface area contributed by atoms with Crippen LogP contribution in [0.3, 0.4) is 0 Å². The number of guanidine groups is 1. The number of aliphatic imine (C=N–C) groups is 1. The number of hydrogen-bond donors (Lipinski definition) is 17. The summed E-state index contributed by atoms with van der Waals surface area (Å²) in [5.74, 6) is -10.8. The van der Waals surface area contributed by atoms with Crippen LogP contribution in [0.15, 0.2) is 53.5 Å². The molecule has 6 atom stereocenters. The number of benzene rings is 2. The van der Waals surface area contributed by atoms with Crippen molar-refractivity contribution in [1.82, 2.24) is 62.6 Å². The summed E-state index contributed by atoms with van der Waals surface area (Å²) >= 11 is 5.45. The lowest BCUT2D eigenvalue weighted by molar-refractivity contribution is -0.141. The predicted octanol–water partition coefficient (Wildman–Crippen LogP) is -4.23. The van der Waals surface area contributed by atoms with Crippen molar-refractivity contribution in [2.75, 3.05) is 196 Å². The number of nitrogens with two attached hydrogens (primary N) is 2. The number of phenols is 1. The summed E-state index contributed by atoms with van der Waals surface area (Å²) in [6.07, 6.45) is 0.773. The molecule has 0 bridgehead atoms. The van der Waals surface area contributed by atoms with Crippen LogP contribution in [0.25, 0.3) is 0 Å². The van der Waals surface area contributed by atoms with Crippen LogP contribution in [-0.4, -0.2) is 355 Å². The first-order valence-electron chi connectivity index (χ1n) is 39.1. The fraction of sp³-hybridized carbons (Fsp3) is 0.640. The standard InChI is InChI=1S/C75H118N16O26S/c1-2-78-69(105)59(84-64(96)50-117-40-38-115-36-34-113-32-30-111-28-22-81-75(118)83-53-14-10-51(11-15-53)41-54-45-90(47-67(101)102)24-23-89(46-66(99)100)25-26-91(54)48-68(103)104)18-19-62(94)79-21-27-110-29-31-112-33-35-114-37-39-116-49-56(93)7-4-3-5-8-58-71(107)86-57(9-6-20-80-74(76)77)70(106)82-44-63(95)85-61(43-65(97)98)73(109)88-60(72(108)87-58)42-52-12-16-55(92)17-13-52/h10-17,54,57-61,92H,2-9,18-50H2,1H3,(H,78,105)(H,79,94)(H,82,106)(H,84,96)(H,85,95)(H,86,107)(H,87,108)(H,88,109)(H,97,98)(H,99,100)(H,101,102)(H,103,104)(H4,76,77,80)(H2,81,83,118)/t54?,57-,58-,59?,60+,61-/m0/s1. The smallest absolute Gasteiger partial charge is 0.317 e. The van der Waals surface area contributed by atoms with E-state index in [1.165, 1.54) is 24.3 Å². The van der Waals surface area contributed by atoms with Crippen molar-refractivity contribution < 1.29 is 126 Å². The number of Topliss-reactive ketones (excluding diaryl/α,β-unsaturated/α-hetero) is 1. The van der Waals surface area contributed by atoms with Crippen LogP contribution >= 0.6 is 12.2 Å². The highest BCUT2D eigenvalue weighted by molar-refractivity contribution is 7.80. The monoisotopic (exact) mass is 1690 g/mol. The zero-order chi connectivity index (χ0) is 86.2. The molecule has 660 valence electrons. The Kier molecular flexibility index (Phi) is 50.8. The minimum Gasteiger partial charge on any atom is -0.508 e. The Balaban J connectivity index is 1.00. The van der Waals surface area contributed by atoms with Crippen LogP contribution in [0.2, 0.25) is 0 Å². The van der Waals surface area contributed by atoms with Gasteiger partial charge in [-0.3, -0.25) is 82.0 Å². The van der Waals surface area contributed by atoms with Gasteiger partial charge in [-0.1, -0.05) is 37.1 Å². The third kappa shape index (κ3) is 46.9. The lowest BCUT2D eigenvalue weighted by Crippen LogP contribution is -2.58. The van der Waals surface area contributed by atoms with Gasteiger partial charge in [-0.05, 0) is 93.1 Å². The number of ether oxygens (including phenoxy) is 8. The predicted molar refractivity (Wildman–Crippen MR) is 428 cm³/mol. The number of ketones is 1. The lowest BCUT2D eigenvalue weighted by atomic mass is 10.0. The molecular formula is C75H118N16O26S. The van der Waals surface area contributed by atoms with Crippen LogP contribution in [0.5, 0.6) is 5.75 Å². The zero-order valence-corrected chi connectivity index (χ0v) is 67.6. The molecular weight excluding hydrogens is 1570 g/mol. The third-order valence-corrected chi connectivity index (χ3v) is 18.0. The second-order valence-corrected chi connectivity index (χ2v) is 27.8. The Labute approximate surface area is 689 Å². The molecule has 2 unspecified atom stereocenters. The van der Waals surface area contributed by atoms with Crippen molar-refractivity contribution in [3.8, 4) is 5.75 Å². The minimum atomic E-state index is -1.68. The van der Waals surface area contributed by atoms with Crippen molar-refractivity contribution in [2.24, 2.45) is 16.5 Å². The number of aromatic hydroxyl groups is 1. The number of carbonyl (C=O) groups is 13. The molecule has 2 aliphatic heterocycles. The van der Waals surface area contributed by atoms with E-state index in [1.807, 2.05) is 24.3 Å². The van der Waals surface area contributed by atoms with E-state index in [0.717, 1.165) is 5.56 Å². The number of nitrogens with zero attached hydrogens (tertiary/aromatic N) is 4. The number of anilines is 1. The zero-order valence-electron chi connectivity index (χ0n) is 66.7. The Morgan fingerprint density at radius 2 is 1.04 bits per heavy atom. The molecule has 42 nitrogen and oxygen atoms in total. The maximum Gasteiger partial charge on any atom is 0.317 e. The average molecular weight is 1690 g/mol. The number of aliphatic carboxylic acids is 4.